The standard InChI is InChI=1S/C14H28N2O/c1-3-11(4-2)14(17)9-15-12-7-8-16(10-12)13-5-6-13/h11-15,17H,3-10H2,1-2H3. The van der Waals surface area contributed by atoms with Crippen molar-refractivity contribution in [3.05, 3.63) is 0 Å². The van der Waals surface area contributed by atoms with Crippen molar-refractivity contribution in [2.45, 2.75) is 64.1 Å². The van der Waals surface area contributed by atoms with Crippen LogP contribution in [0.5, 0.6) is 0 Å². The lowest BCUT2D eigenvalue weighted by atomic mass is 9.96. The average molecular weight is 240 g/mol. The molecule has 2 aliphatic rings. The fraction of sp³-hybridized carbons (Fsp3) is 1.00. The Hall–Kier alpha value is -0.120. The predicted molar refractivity (Wildman–Crippen MR) is 71.1 cm³/mol. The molecule has 2 N–H and O–H groups in total. The maximum absolute atomic E-state index is 10.1. The summed E-state index contributed by atoms with van der Waals surface area (Å²) in [7, 11) is 0. The zero-order valence-electron chi connectivity index (χ0n) is 11.4. The van der Waals surface area contributed by atoms with Gasteiger partial charge in [0.25, 0.3) is 0 Å². The van der Waals surface area contributed by atoms with E-state index in [2.05, 4.69) is 24.1 Å². The van der Waals surface area contributed by atoms with Gasteiger partial charge in [-0.15, -0.1) is 0 Å². The van der Waals surface area contributed by atoms with Crippen molar-refractivity contribution in [1.82, 2.24) is 10.2 Å². The van der Waals surface area contributed by atoms with Crippen LogP contribution in [0.15, 0.2) is 0 Å². The molecule has 0 bridgehead atoms. The van der Waals surface area contributed by atoms with E-state index in [0.717, 1.165) is 25.4 Å². The van der Waals surface area contributed by atoms with E-state index in [1.54, 1.807) is 0 Å². The van der Waals surface area contributed by atoms with E-state index in [0.29, 0.717) is 12.0 Å². The minimum atomic E-state index is -0.167. The Kier molecular flexibility index (Phi) is 4.83. The molecule has 2 atom stereocenters. The monoisotopic (exact) mass is 240 g/mol. The Bertz CT molecular complexity index is 226. The minimum Gasteiger partial charge on any atom is -0.392 e. The van der Waals surface area contributed by atoms with Gasteiger partial charge in [0, 0.05) is 31.7 Å². The fourth-order valence-electron chi connectivity index (χ4n) is 3.01. The highest BCUT2D eigenvalue weighted by molar-refractivity contribution is 4.92. The van der Waals surface area contributed by atoms with E-state index in [9.17, 15) is 5.11 Å². The fourth-order valence-corrected chi connectivity index (χ4v) is 3.01. The number of nitrogens with one attached hydrogen (secondary N) is 1. The molecule has 0 aromatic heterocycles. The van der Waals surface area contributed by atoms with E-state index in [1.165, 1.54) is 32.4 Å². The maximum Gasteiger partial charge on any atom is 0.0692 e. The quantitative estimate of drug-likeness (QED) is 0.710. The summed E-state index contributed by atoms with van der Waals surface area (Å²) in [5, 5.41) is 13.6. The number of aliphatic hydroxyl groups excluding tert-OH is 1. The summed E-state index contributed by atoms with van der Waals surface area (Å²) < 4.78 is 0. The van der Waals surface area contributed by atoms with E-state index in [-0.39, 0.29) is 6.10 Å². The summed E-state index contributed by atoms with van der Waals surface area (Å²) in [5.74, 6) is 0.462. The molecule has 1 saturated carbocycles. The third kappa shape index (κ3) is 3.67. The van der Waals surface area contributed by atoms with Gasteiger partial charge >= 0.3 is 0 Å². The van der Waals surface area contributed by atoms with Gasteiger partial charge < -0.3 is 10.4 Å². The number of nitrogens with zero attached hydrogens (tertiary/aromatic N) is 1. The Labute approximate surface area is 106 Å². The van der Waals surface area contributed by atoms with Crippen molar-refractivity contribution in [2.24, 2.45) is 5.92 Å². The van der Waals surface area contributed by atoms with E-state index < -0.39 is 0 Å². The molecule has 100 valence electrons. The zero-order valence-corrected chi connectivity index (χ0v) is 11.4. The van der Waals surface area contributed by atoms with Gasteiger partial charge in [-0.25, -0.2) is 0 Å². The van der Waals surface area contributed by atoms with Crippen LogP contribution in [-0.2, 0) is 0 Å². The topological polar surface area (TPSA) is 35.5 Å². The summed E-state index contributed by atoms with van der Waals surface area (Å²) in [6, 6.07) is 1.50. The molecule has 0 amide bonds. The lowest BCUT2D eigenvalue weighted by Gasteiger charge is -2.23. The number of aliphatic hydroxyl groups is 1. The smallest absolute Gasteiger partial charge is 0.0692 e. The first-order valence-corrected chi connectivity index (χ1v) is 7.40. The largest absolute Gasteiger partial charge is 0.392 e. The molecular weight excluding hydrogens is 212 g/mol. The Morgan fingerprint density at radius 1 is 1.24 bits per heavy atom. The van der Waals surface area contributed by atoms with E-state index in [1.807, 2.05) is 0 Å². The Morgan fingerprint density at radius 2 is 1.94 bits per heavy atom. The Morgan fingerprint density at radius 3 is 2.53 bits per heavy atom. The summed E-state index contributed by atoms with van der Waals surface area (Å²) in [5.41, 5.74) is 0. The molecule has 2 rings (SSSR count). The van der Waals surface area contributed by atoms with Gasteiger partial charge in [-0.05, 0) is 25.2 Å². The SMILES string of the molecule is CCC(CC)C(O)CNC1CCN(C2CC2)C1. The molecule has 0 aromatic carbocycles. The highest BCUT2D eigenvalue weighted by Gasteiger charge is 2.34. The lowest BCUT2D eigenvalue weighted by molar-refractivity contribution is 0.0984. The number of hydrogen-bond donors (Lipinski definition) is 2. The van der Waals surface area contributed by atoms with Gasteiger partial charge in [0.2, 0.25) is 0 Å². The molecule has 2 unspecified atom stereocenters. The summed E-state index contributed by atoms with van der Waals surface area (Å²) >= 11 is 0. The molecule has 2 fully saturated rings. The van der Waals surface area contributed by atoms with Crippen LogP contribution in [0.2, 0.25) is 0 Å². The van der Waals surface area contributed by atoms with Crippen molar-refractivity contribution in [3.8, 4) is 0 Å². The van der Waals surface area contributed by atoms with Crippen LogP contribution in [0.25, 0.3) is 0 Å². The van der Waals surface area contributed by atoms with Crippen molar-refractivity contribution in [3.63, 3.8) is 0 Å². The van der Waals surface area contributed by atoms with Gasteiger partial charge in [-0.3, -0.25) is 4.90 Å². The first kappa shape index (κ1) is 13.3. The van der Waals surface area contributed by atoms with Crippen molar-refractivity contribution in [2.75, 3.05) is 19.6 Å². The van der Waals surface area contributed by atoms with E-state index in [4.69, 9.17) is 0 Å². The highest BCUT2D eigenvalue weighted by atomic mass is 16.3. The van der Waals surface area contributed by atoms with Gasteiger partial charge in [-0.2, -0.15) is 0 Å². The first-order valence-electron chi connectivity index (χ1n) is 7.40. The second-order valence-corrected chi connectivity index (χ2v) is 5.76. The van der Waals surface area contributed by atoms with Crippen LogP contribution in [0.1, 0.15) is 46.0 Å². The minimum absolute atomic E-state index is 0.167. The third-order valence-electron chi connectivity index (χ3n) is 4.49. The van der Waals surface area contributed by atoms with Gasteiger partial charge in [-0.1, -0.05) is 26.7 Å². The van der Waals surface area contributed by atoms with Crippen LogP contribution in [-0.4, -0.2) is 47.8 Å². The zero-order chi connectivity index (χ0) is 12.3. The molecule has 3 heteroatoms. The molecular formula is C14H28N2O. The molecule has 3 nitrogen and oxygen atoms in total. The third-order valence-corrected chi connectivity index (χ3v) is 4.49. The van der Waals surface area contributed by atoms with Gasteiger partial charge in [0.1, 0.15) is 0 Å². The number of hydrogen-bond acceptors (Lipinski definition) is 3. The average Bonchev–Trinajstić information content (AvgIpc) is 3.08. The van der Waals surface area contributed by atoms with Crippen LogP contribution < -0.4 is 5.32 Å². The Balaban J connectivity index is 1.64. The maximum atomic E-state index is 10.1. The molecule has 1 heterocycles. The first-order chi connectivity index (χ1) is 8.24. The van der Waals surface area contributed by atoms with Gasteiger partial charge in [0.05, 0.1) is 6.10 Å². The molecule has 1 aliphatic heterocycles. The van der Waals surface area contributed by atoms with Crippen LogP contribution in [0.3, 0.4) is 0 Å². The van der Waals surface area contributed by atoms with Crippen molar-refractivity contribution < 1.29 is 5.11 Å². The van der Waals surface area contributed by atoms with Gasteiger partial charge in [0.15, 0.2) is 0 Å². The van der Waals surface area contributed by atoms with E-state index >= 15 is 0 Å². The normalized spacial score (nSPS) is 27.9. The second-order valence-electron chi connectivity index (χ2n) is 5.76. The van der Waals surface area contributed by atoms with Crippen molar-refractivity contribution >= 4 is 0 Å². The molecule has 0 radical (unpaired) electrons. The van der Waals surface area contributed by atoms with Crippen LogP contribution in [0.4, 0.5) is 0 Å². The lowest BCUT2D eigenvalue weighted by Crippen LogP contribution is -2.40. The van der Waals surface area contributed by atoms with Crippen LogP contribution in [0, 0.1) is 5.92 Å². The summed E-state index contributed by atoms with van der Waals surface area (Å²) in [6.07, 6.45) is 6.06. The molecule has 1 saturated heterocycles. The molecule has 1 aliphatic carbocycles. The molecule has 17 heavy (non-hydrogen) atoms. The summed E-state index contributed by atoms with van der Waals surface area (Å²) in [6.45, 7) is 7.56. The van der Waals surface area contributed by atoms with Crippen molar-refractivity contribution in [1.29, 1.82) is 0 Å². The number of rotatable bonds is 7. The second kappa shape index (κ2) is 6.17. The summed E-state index contributed by atoms with van der Waals surface area (Å²) in [4.78, 5) is 2.61. The van der Waals surface area contributed by atoms with Crippen LogP contribution >= 0.6 is 0 Å². The predicted octanol–water partition coefficient (Wildman–Crippen LogP) is 1.61. The number of likely N-dealkylation sites (tertiary alicyclic amines) is 1. The molecule has 0 spiro atoms. The highest BCUT2D eigenvalue weighted by Crippen LogP contribution is 2.29. The molecule has 0 aromatic rings.